The molecule has 0 aliphatic carbocycles. The number of thioether (sulfide) groups is 1. The van der Waals surface area contributed by atoms with Crippen LogP contribution in [0, 0.1) is 0 Å². The van der Waals surface area contributed by atoms with Crippen LogP contribution in [0.4, 0.5) is 0 Å². The molecular formula is C8H19NO2S. The molecule has 0 amide bonds. The second kappa shape index (κ2) is 7.86. The van der Waals surface area contributed by atoms with Gasteiger partial charge in [-0.2, -0.15) is 11.8 Å². The zero-order valence-electron chi connectivity index (χ0n) is 7.82. The van der Waals surface area contributed by atoms with E-state index in [1.54, 1.807) is 11.8 Å². The Morgan fingerprint density at radius 1 is 1.50 bits per heavy atom. The Morgan fingerprint density at radius 3 is 2.67 bits per heavy atom. The fourth-order valence-corrected chi connectivity index (χ4v) is 1.57. The molecule has 3 N–H and O–H groups in total. The first kappa shape index (κ1) is 12.2. The van der Waals surface area contributed by atoms with E-state index < -0.39 is 0 Å². The fraction of sp³-hybridized carbons (Fsp3) is 1.00. The summed E-state index contributed by atoms with van der Waals surface area (Å²) in [6.45, 7) is 4.97. The van der Waals surface area contributed by atoms with E-state index in [-0.39, 0.29) is 12.1 Å². The van der Waals surface area contributed by atoms with Crippen LogP contribution >= 0.6 is 11.8 Å². The molecule has 0 bridgehead atoms. The van der Waals surface area contributed by atoms with Crippen LogP contribution in [0.2, 0.25) is 0 Å². The number of hydrogen-bond acceptors (Lipinski definition) is 4. The molecule has 3 nitrogen and oxygen atoms in total. The van der Waals surface area contributed by atoms with E-state index in [2.05, 4.69) is 0 Å². The third kappa shape index (κ3) is 8.33. The Bertz CT molecular complexity index is 101. The predicted octanol–water partition coefficient (Wildman–Crippen LogP) is 0.464. The second-order valence-corrected chi connectivity index (χ2v) is 3.90. The normalized spacial score (nSPS) is 16.0. The summed E-state index contributed by atoms with van der Waals surface area (Å²) in [6.07, 6.45) is -0.353. The topological polar surface area (TPSA) is 55.5 Å². The predicted molar refractivity (Wildman–Crippen MR) is 53.5 cm³/mol. The van der Waals surface area contributed by atoms with Crippen molar-refractivity contribution in [1.29, 1.82) is 0 Å². The molecule has 0 aromatic carbocycles. The number of nitrogens with two attached hydrogens (primary N) is 1. The summed E-state index contributed by atoms with van der Waals surface area (Å²) in [6, 6.07) is 0.203. The minimum absolute atomic E-state index is 0.203. The van der Waals surface area contributed by atoms with Crippen molar-refractivity contribution in [3.05, 3.63) is 0 Å². The van der Waals surface area contributed by atoms with E-state index in [0.29, 0.717) is 19.0 Å². The molecule has 0 rings (SSSR count). The molecule has 0 spiro atoms. The highest BCUT2D eigenvalue weighted by atomic mass is 32.2. The van der Waals surface area contributed by atoms with Crippen molar-refractivity contribution < 1.29 is 9.84 Å². The zero-order valence-corrected chi connectivity index (χ0v) is 8.64. The average molecular weight is 193 g/mol. The first-order valence-electron chi connectivity index (χ1n) is 4.26. The van der Waals surface area contributed by atoms with Gasteiger partial charge in [-0.05, 0) is 13.8 Å². The molecule has 4 heteroatoms. The van der Waals surface area contributed by atoms with Gasteiger partial charge < -0.3 is 15.6 Å². The molecule has 12 heavy (non-hydrogen) atoms. The number of hydrogen-bond donors (Lipinski definition) is 2. The van der Waals surface area contributed by atoms with Gasteiger partial charge in [-0.3, -0.25) is 0 Å². The molecule has 0 aliphatic heterocycles. The first-order chi connectivity index (χ1) is 5.66. The Labute approximate surface area is 78.7 Å². The van der Waals surface area contributed by atoms with E-state index in [0.717, 1.165) is 5.75 Å². The Hall–Kier alpha value is 0.230. The van der Waals surface area contributed by atoms with Gasteiger partial charge in [-0.1, -0.05) is 0 Å². The minimum atomic E-state index is -0.353. The Kier molecular flexibility index (Phi) is 8.01. The lowest BCUT2D eigenvalue weighted by Crippen LogP contribution is -2.22. The summed E-state index contributed by atoms with van der Waals surface area (Å²) < 4.78 is 5.06. The number of rotatable bonds is 7. The minimum Gasteiger partial charge on any atom is -0.390 e. The smallest absolute Gasteiger partial charge is 0.0863 e. The van der Waals surface area contributed by atoms with Crippen molar-refractivity contribution in [2.24, 2.45) is 5.73 Å². The summed E-state index contributed by atoms with van der Waals surface area (Å²) in [5.41, 5.74) is 5.55. The van der Waals surface area contributed by atoms with Crippen molar-refractivity contribution in [1.82, 2.24) is 0 Å². The van der Waals surface area contributed by atoms with Gasteiger partial charge in [0.2, 0.25) is 0 Å². The van der Waals surface area contributed by atoms with Gasteiger partial charge in [0.05, 0.1) is 12.7 Å². The lowest BCUT2D eigenvalue weighted by molar-refractivity contribution is 0.0551. The summed E-state index contributed by atoms with van der Waals surface area (Å²) in [5, 5.41) is 9.31. The molecule has 74 valence electrons. The van der Waals surface area contributed by atoms with Gasteiger partial charge in [0.25, 0.3) is 0 Å². The van der Waals surface area contributed by atoms with E-state index in [9.17, 15) is 5.11 Å². The van der Waals surface area contributed by atoms with E-state index >= 15 is 0 Å². The van der Waals surface area contributed by atoms with E-state index in [4.69, 9.17) is 10.5 Å². The molecule has 0 aromatic heterocycles. The van der Waals surface area contributed by atoms with E-state index in [1.165, 1.54) is 0 Å². The molecule has 0 aliphatic rings. The molecule has 0 aromatic rings. The highest BCUT2D eigenvalue weighted by Gasteiger charge is 2.04. The van der Waals surface area contributed by atoms with Crippen molar-refractivity contribution in [2.75, 3.05) is 24.7 Å². The summed E-state index contributed by atoms with van der Waals surface area (Å²) in [4.78, 5) is 0. The monoisotopic (exact) mass is 193 g/mol. The average Bonchev–Trinajstić information content (AvgIpc) is 2.00. The highest BCUT2D eigenvalue weighted by molar-refractivity contribution is 7.99. The van der Waals surface area contributed by atoms with Gasteiger partial charge in [0, 0.05) is 24.2 Å². The van der Waals surface area contributed by atoms with Crippen molar-refractivity contribution >= 4 is 11.8 Å². The molecule has 0 saturated carbocycles. The molecule has 0 radical (unpaired) electrons. The molecule has 0 heterocycles. The first-order valence-corrected chi connectivity index (χ1v) is 5.41. The lowest BCUT2D eigenvalue weighted by atomic mass is 10.4. The van der Waals surface area contributed by atoms with Crippen molar-refractivity contribution in [3.8, 4) is 0 Å². The molecule has 2 unspecified atom stereocenters. The molecular weight excluding hydrogens is 174 g/mol. The van der Waals surface area contributed by atoms with Crippen molar-refractivity contribution in [3.63, 3.8) is 0 Å². The van der Waals surface area contributed by atoms with Gasteiger partial charge in [0.15, 0.2) is 0 Å². The van der Waals surface area contributed by atoms with Crippen LogP contribution in [-0.2, 0) is 4.74 Å². The summed E-state index contributed by atoms with van der Waals surface area (Å²) in [7, 11) is 0. The van der Waals surface area contributed by atoms with Gasteiger partial charge in [-0.15, -0.1) is 0 Å². The van der Waals surface area contributed by atoms with Crippen molar-refractivity contribution in [2.45, 2.75) is 26.0 Å². The third-order valence-corrected chi connectivity index (χ3v) is 2.59. The van der Waals surface area contributed by atoms with E-state index in [1.807, 2.05) is 13.8 Å². The highest BCUT2D eigenvalue weighted by Crippen LogP contribution is 2.04. The Balaban J connectivity index is 3.13. The van der Waals surface area contributed by atoms with Gasteiger partial charge in [0.1, 0.15) is 0 Å². The zero-order chi connectivity index (χ0) is 9.40. The molecule has 0 fully saturated rings. The third-order valence-electron chi connectivity index (χ3n) is 1.21. The quantitative estimate of drug-likeness (QED) is 0.617. The van der Waals surface area contributed by atoms with Crippen LogP contribution in [0.15, 0.2) is 0 Å². The van der Waals surface area contributed by atoms with Crippen LogP contribution < -0.4 is 5.73 Å². The molecule has 2 atom stereocenters. The van der Waals surface area contributed by atoms with Gasteiger partial charge in [-0.25, -0.2) is 0 Å². The number of ether oxygens (including phenoxy) is 1. The maximum absolute atomic E-state index is 9.31. The summed E-state index contributed by atoms with van der Waals surface area (Å²) >= 11 is 1.66. The van der Waals surface area contributed by atoms with Crippen LogP contribution in [-0.4, -0.2) is 42.0 Å². The standard InChI is InChI=1S/C8H19NO2S/c1-3-11-4-8(10)6-12-5-7(2)9/h7-8,10H,3-6,9H2,1-2H3. The maximum Gasteiger partial charge on any atom is 0.0863 e. The Morgan fingerprint density at radius 2 is 2.17 bits per heavy atom. The maximum atomic E-state index is 9.31. The second-order valence-electron chi connectivity index (χ2n) is 2.83. The van der Waals surface area contributed by atoms with Crippen LogP contribution in [0.5, 0.6) is 0 Å². The molecule has 0 saturated heterocycles. The lowest BCUT2D eigenvalue weighted by Gasteiger charge is -2.10. The summed E-state index contributed by atoms with van der Waals surface area (Å²) in [5.74, 6) is 1.60. The number of aliphatic hydroxyl groups excluding tert-OH is 1. The fourth-order valence-electron chi connectivity index (χ4n) is 0.692. The van der Waals surface area contributed by atoms with Crippen LogP contribution in [0.25, 0.3) is 0 Å². The number of aliphatic hydroxyl groups is 1. The van der Waals surface area contributed by atoms with Crippen LogP contribution in [0.1, 0.15) is 13.8 Å². The van der Waals surface area contributed by atoms with Gasteiger partial charge >= 0.3 is 0 Å². The van der Waals surface area contributed by atoms with Crippen LogP contribution in [0.3, 0.4) is 0 Å². The largest absolute Gasteiger partial charge is 0.390 e. The SMILES string of the molecule is CCOCC(O)CSCC(C)N.